The third-order valence-corrected chi connectivity index (χ3v) is 4.87. The van der Waals surface area contributed by atoms with Crippen LogP contribution in [0.3, 0.4) is 0 Å². The van der Waals surface area contributed by atoms with Gasteiger partial charge in [-0.3, -0.25) is 0 Å². The van der Waals surface area contributed by atoms with Crippen molar-refractivity contribution >= 4 is 23.3 Å². The predicted molar refractivity (Wildman–Crippen MR) is 80.2 cm³/mol. The van der Waals surface area contributed by atoms with Gasteiger partial charge in [-0.25, -0.2) is 14.6 Å². The number of rotatable bonds is 4. The Morgan fingerprint density at radius 2 is 2.14 bits per heavy atom. The minimum Gasteiger partial charge on any atom is -0.480 e. The van der Waals surface area contributed by atoms with Gasteiger partial charge in [0.2, 0.25) is 0 Å². The number of aliphatic carboxylic acids is 1. The minimum atomic E-state index is -1.13. The maximum absolute atomic E-state index is 12.0. The van der Waals surface area contributed by atoms with Crippen LogP contribution in [0.25, 0.3) is 0 Å². The first-order valence-electron chi connectivity index (χ1n) is 7.12. The van der Waals surface area contributed by atoms with Crippen molar-refractivity contribution in [3.63, 3.8) is 0 Å². The van der Waals surface area contributed by atoms with Gasteiger partial charge in [-0.1, -0.05) is 6.92 Å². The Labute approximate surface area is 128 Å². The van der Waals surface area contributed by atoms with Crippen molar-refractivity contribution in [1.82, 2.24) is 15.6 Å². The molecule has 0 bridgehead atoms. The van der Waals surface area contributed by atoms with Gasteiger partial charge in [-0.15, -0.1) is 11.3 Å². The molecule has 0 aliphatic heterocycles. The van der Waals surface area contributed by atoms with Crippen molar-refractivity contribution in [2.45, 2.75) is 51.6 Å². The van der Waals surface area contributed by atoms with Crippen molar-refractivity contribution in [2.24, 2.45) is 5.92 Å². The number of carbonyl (C=O) groups excluding carboxylic acids is 1. The van der Waals surface area contributed by atoms with Crippen LogP contribution >= 0.6 is 11.3 Å². The van der Waals surface area contributed by atoms with Crippen LogP contribution in [0.15, 0.2) is 6.20 Å². The number of aromatic nitrogens is 1. The molecule has 0 saturated heterocycles. The van der Waals surface area contributed by atoms with E-state index in [4.69, 9.17) is 0 Å². The van der Waals surface area contributed by atoms with Crippen molar-refractivity contribution in [3.8, 4) is 0 Å². The number of carboxylic acid groups (broad SMARTS) is 1. The van der Waals surface area contributed by atoms with Gasteiger partial charge in [0.1, 0.15) is 10.5 Å². The second kappa shape index (κ2) is 6.43. The van der Waals surface area contributed by atoms with E-state index in [0.717, 1.165) is 22.7 Å². The fourth-order valence-electron chi connectivity index (χ4n) is 2.55. The average molecular weight is 311 g/mol. The van der Waals surface area contributed by atoms with Gasteiger partial charge in [-0.2, -0.15) is 0 Å². The zero-order valence-corrected chi connectivity index (χ0v) is 13.1. The predicted octanol–water partition coefficient (Wildman–Crippen LogP) is 2.28. The van der Waals surface area contributed by atoms with Crippen LogP contribution in [0.1, 0.15) is 42.5 Å². The van der Waals surface area contributed by atoms with Crippen LogP contribution in [0, 0.1) is 12.8 Å². The third-order valence-electron chi connectivity index (χ3n) is 3.96. The largest absolute Gasteiger partial charge is 0.480 e. The highest BCUT2D eigenvalue weighted by molar-refractivity contribution is 7.11. The number of aryl methyl sites for hydroxylation is 1. The summed E-state index contributed by atoms with van der Waals surface area (Å²) in [6, 6.07) is -0.445. The average Bonchev–Trinajstić information content (AvgIpc) is 2.85. The monoisotopic (exact) mass is 311 g/mol. The number of hydrogen-bond donors (Lipinski definition) is 3. The summed E-state index contributed by atoms with van der Waals surface area (Å²) in [7, 11) is 0. The molecule has 2 rings (SSSR count). The summed E-state index contributed by atoms with van der Waals surface area (Å²) in [4.78, 5) is 28.8. The molecule has 21 heavy (non-hydrogen) atoms. The lowest BCUT2D eigenvalue weighted by molar-refractivity contribution is -0.146. The zero-order valence-electron chi connectivity index (χ0n) is 12.3. The molecule has 1 aromatic heterocycles. The molecule has 0 spiro atoms. The SMILES string of the molecule is Cc1cnc(CNC(=O)NC2(C(=O)O)CCC(C)CC2)s1. The van der Waals surface area contributed by atoms with Crippen LogP contribution in [-0.2, 0) is 11.3 Å². The first-order valence-corrected chi connectivity index (χ1v) is 7.94. The van der Waals surface area contributed by atoms with E-state index in [2.05, 4.69) is 22.5 Å². The first kappa shape index (κ1) is 15.8. The Balaban J connectivity index is 1.91. The summed E-state index contributed by atoms with van der Waals surface area (Å²) in [5, 5.41) is 15.6. The molecule has 3 N–H and O–H groups in total. The molecule has 1 saturated carbocycles. The number of nitrogens with one attached hydrogen (secondary N) is 2. The molecule has 1 fully saturated rings. The van der Waals surface area contributed by atoms with E-state index in [9.17, 15) is 14.7 Å². The maximum atomic E-state index is 12.0. The molecule has 1 aliphatic rings. The molecule has 7 heteroatoms. The molecular formula is C14H21N3O3S. The molecule has 0 atom stereocenters. The van der Waals surface area contributed by atoms with Gasteiger partial charge in [0.25, 0.3) is 0 Å². The Kier molecular flexibility index (Phi) is 4.82. The van der Waals surface area contributed by atoms with Crippen LogP contribution in [0.4, 0.5) is 4.79 Å². The zero-order chi connectivity index (χ0) is 15.5. The topological polar surface area (TPSA) is 91.3 Å². The highest BCUT2D eigenvalue weighted by Gasteiger charge is 2.42. The van der Waals surface area contributed by atoms with Crippen LogP contribution in [0.2, 0.25) is 0 Å². The lowest BCUT2D eigenvalue weighted by Gasteiger charge is -2.36. The minimum absolute atomic E-state index is 0.316. The number of thiazole rings is 1. The molecular weight excluding hydrogens is 290 g/mol. The summed E-state index contributed by atoms with van der Waals surface area (Å²) in [6.45, 7) is 4.37. The summed E-state index contributed by atoms with van der Waals surface area (Å²) >= 11 is 1.51. The van der Waals surface area contributed by atoms with Gasteiger partial charge in [0.05, 0.1) is 6.54 Å². The summed E-state index contributed by atoms with van der Waals surface area (Å²) in [6.07, 6.45) is 4.35. The van der Waals surface area contributed by atoms with Gasteiger partial charge in [0.15, 0.2) is 0 Å². The lowest BCUT2D eigenvalue weighted by Crippen LogP contribution is -2.58. The highest BCUT2D eigenvalue weighted by Crippen LogP contribution is 2.32. The Morgan fingerprint density at radius 1 is 1.48 bits per heavy atom. The Hall–Kier alpha value is -1.63. The second-order valence-electron chi connectivity index (χ2n) is 5.74. The van der Waals surface area contributed by atoms with Crippen LogP contribution in [0.5, 0.6) is 0 Å². The summed E-state index contributed by atoms with van der Waals surface area (Å²) < 4.78 is 0. The summed E-state index contributed by atoms with van der Waals surface area (Å²) in [5.74, 6) is -0.435. The molecule has 0 radical (unpaired) electrons. The lowest BCUT2D eigenvalue weighted by atomic mass is 9.77. The fourth-order valence-corrected chi connectivity index (χ4v) is 3.27. The Morgan fingerprint density at radius 3 is 2.67 bits per heavy atom. The van der Waals surface area contributed by atoms with Gasteiger partial charge in [0, 0.05) is 11.1 Å². The van der Waals surface area contributed by atoms with Crippen molar-refractivity contribution in [1.29, 1.82) is 0 Å². The second-order valence-corrected chi connectivity index (χ2v) is 7.06. The van der Waals surface area contributed by atoms with Gasteiger partial charge >= 0.3 is 12.0 Å². The molecule has 1 heterocycles. The van der Waals surface area contributed by atoms with E-state index in [1.807, 2.05) is 6.92 Å². The van der Waals surface area contributed by atoms with Crippen molar-refractivity contribution in [3.05, 3.63) is 16.1 Å². The first-order chi connectivity index (χ1) is 9.91. The third kappa shape index (κ3) is 3.93. The number of nitrogens with zero attached hydrogens (tertiary/aromatic N) is 1. The number of urea groups is 1. The number of carboxylic acids is 1. The molecule has 2 amide bonds. The van der Waals surface area contributed by atoms with Crippen molar-refractivity contribution in [2.75, 3.05) is 0 Å². The fraction of sp³-hybridized carbons (Fsp3) is 0.643. The van der Waals surface area contributed by atoms with Crippen molar-refractivity contribution < 1.29 is 14.7 Å². The molecule has 0 aromatic carbocycles. The number of hydrogen-bond acceptors (Lipinski definition) is 4. The van der Waals surface area contributed by atoms with Crippen LogP contribution in [-0.4, -0.2) is 27.6 Å². The normalized spacial score (nSPS) is 25.3. The number of amides is 2. The maximum Gasteiger partial charge on any atom is 0.329 e. The molecule has 1 aliphatic carbocycles. The van der Waals surface area contributed by atoms with E-state index < -0.39 is 17.5 Å². The molecule has 0 unspecified atom stereocenters. The smallest absolute Gasteiger partial charge is 0.329 e. The van der Waals surface area contributed by atoms with E-state index >= 15 is 0 Å². The van der Waals surface area contributed by atoms with E-state index in [0.29, 0.717) is 25.3 Å². The molecule has 6 nitrogen and oxygen atoms in total. The summed E-state index contributed by atoms with van der Waals surface area (Å²) in [5.41, 5.74) is -1.13. The standard InChI is InChI=1S/C14H21N3O3S/c1-9-3-5-14(6-4-9,12(18)19)17-13(20)16-8-11-15-7-10(2)21-11/h7,9H,3-6,8H2,1-2H3,(H,18,19)(H2,16,17,20). The van der Waals surface area contributed by atoms with Crippen LogP contribution < -0.4 is 10.6 Å². The van der Waals surface area contributed by atoms with E-state index in [-0.39, 0.29) is 0 Å². The highest BCUT2D eigenvalue weighted by atomic mass is 32.1. The number of carbonyl (C=O) groups is 2. The quantitative estimate of drug-likeness (QED) is 0.795. The van der Waals surface area contributed by atoms with Gasteiger partial charge in [-0.05, 0) is 38.5 Å². The van der Waals surface area contributed by atoms with E-state index in [1.165, 1.54) is 11.3 Å². The molecule has 1 aromatic rings. The van der Waals surface area contributed by atoms with E-state index in [1.54, 1.807) is 6.20 Å². The Bertz CT molecular complexity index is 521. The molecule has 116 valence electrons. The van der Waals surface area contributed by atoms with Gasteiger partial charge < -0.3 is 15.7 Å².